The van der Waals surface area contributed by atoms with E-state index in [0.717, 1.165) is 0 Å². The molecule has 0 bridgehead atoms. The van der Waals surface area contributed by atoms with Crippen molar-refractivity contribution in [1.29, 1.82) is 0 Å². The van der Waals surface area contributed by atoms with Crippen molar-refractivity contribution in [2.75, 3.05) is 19.5 Å². The molecule has 8 heteroatoms. The number of methoxy groups -OCH3 is 2. The second-order valence-electron chi connectivity index (χ2n) is 5.41. The van der Waals surface area contributed by atoms with Gasteiger partial charge in [0.05, 0.1) is 35.0 Å². The lowest BCUT2D eigenvalue weighted by molar-refractivity contribution is 0.0997. The number of hydrogen-bond acceptors (Lipinski definition) is 4. The second kappa shape index (κ2) is 8.13. The van der Waals surface area contributed by atoms with Crippen molar-refractivity contribution in [2.24, 2.45) is 0 Å². The third-order valence-corrected chi connectivity index (χ3v) is 4.88. The molecule has 27 heavy (non-hydrogen) atoms. The molecule has 0 saturated carbocycles. The molecular formula is C19H14Cl3NO4. The van der Waals surface area contributed by atoms with Gasteiger partial charge in [-0.3, -0.25) is 4.79 Å². The Morgan fingerprint density at radius 1 is 0.963 bits per heavy atom. The maximum Gasteiger partial charge on any atom is 0.291 e. The van der Waals surface area contributed by atoms with Crippen LogP contribution in [0.25, 0.3) is 11.3 Å². The third kappa shape index (κ3) is 4.00. The van der Waals surface area contributed by atoms with Gasteiger partial charge >= 0.3 is 0 Å². The number of ether oxygens (including phenoxy) is 2. The van der Waals surface area contributed by atoms with E-state index >= 15 is 0 Å². The van der Waals surface area contributed by atoms with E-state index in [0.29, 0.717) is 43.6 Å². The summed E-state index contributed by atoms with van der Waals surface area (Å²) in [6, 6.07) is 11.5. The zero-order chi connectivity index (χ0) is 19.6. The van der Waals surface area contributed by atoms with Gasteiger partial charge in [-0.2, -0.15) is 0 Å². The Hall–Kier alpha value is -2.34. The molecule has 0 fully saturated rings. The molecular weight excluding hydrogens is 413 g/mol. The van der Waals surface area contributed by atoms with Crippen LogP contribution in [0.1, 0.15) is 10.6 Å². The summed E-state index contributed by atoms with van der Waals surface area (Å²) in [5.74, 6) is 0.838. The number of amides is 1. The molecule has 1 amide bonds. The van der Waals surface area contributed by atoms with Gasteiger partial charge in [-0.15, -0.1) is 0 Å². The predicted octanol–water partition coefficient (Wildman–Crippen LogP) is 6.18. The van der Waals surface area contributed by atoms with Crippen LogP contribution in [0.3, 0.4) is 0 Å². The van der Waals surface area contributed by atoms with E-state index in [9.17, 15) is 4.79 Å². The smallest absolute Gasteiger partial charge is 0.291 e. The van der Waals surface area contributed by atoms with Crippen LogP contribution in [0, 0.1) is 0 Å². The highest BCUT2D eigenvalue weighted by Crippen LogP contribution is 2.37. The summed E-state index contributed by atoms with van der Waals surface area (Å²) in [4.78, 5) is 12.6. The van der Waals surface area contributed by atoms with Gasteiger partial charge in [-0.05, 0) is 24.3 Å². The van der Waals surface area contributed by atoms with Crippen LogP contribution in [-0.4, -0.2) is 20.1 Å². The van der Waals surface area contributed by atoms with Gasteiger partial charge in [-0.1, -0.05) is 40.9 Å². The van der Waals surface area contributed by atoms with Crippen LogP contribution in [0.15, 0.2) is 46.9 Å². The number of carbonyl (C=O) groups is 1. The molecule has 0 saturated heterocycles. The molecule has 0 spiro atoms. The van der Waals surface area contributed by atoms with Crippen molar-refractivity contribution >= 4 is 46.4 Å². The van der Waals surface area contributed by atoms with Gasteiger partial charge in [0, 0.05) is 17.7 Å². The van der Waals surface area contributed by atoms with Crippen molar-refractivity contribution < 1.29 is 18.7 Å². The van der Waals surface area contributed by atoms with E-state index < -0.39 is 5.91 Å². The maximum atomic E-state index is 12.6. The summed E-state index contributed by atoms with van der Waals surface area (Å²) in [6.45, 7) is 0. The van der Waals surface area contributed by atoms with Crippen LogP contribution < -0.4 is 14.8 Å². The minimum Gasteiger partial charge on any atom is -0.495 e. The molecule has 3 rings (SSSR count). The molecule has 1 aromatic heterocycles. The molecule has 0 unspecified atom stereocenters. The fraction of sp³-hybridized carbons (Fsp3) is 0.105. The molecule has 3 aromatic rings. The average Bonchev–Trinajstić information content (AvgIpc) is 3.15. The fourth-order valence-electron chi connectivity index (χ4n) is 2.44. The first-order valence-electron chi connectivity index (χ1n) is 7.71. The van der Waals surface area contributed by atoms with Crippen LogP contribution in [0.5, 0.6) is 11.5 Å². The first-order valence-corrected chi connectivity index (χ1v) is 8.85. The Labute approximate surface area is 170 Å². The number of carbonyl (C=O) groups excluding carboxylic acids is 1. The van der Waals surface area contributed by atoms with E-state index in [1.165, 1.54) is 14.2 Å². The van der Waals surface area contributed by atoms with E-state index in [1.54, 1.807) is 42.5 Å². The Balaban J connectivity index is 1.88. The molecule has 1 heterocycles. The summed E-state index contributed by atoms with van der Waals surface area (Å²) in [6.07, 6.45) is 0. The summed E-state index contributed by atoms with van der Waals surface area (Å²) in [5.41, 5.74) is 0.983. The molecule has 5 nitrogen and oxygen atoms in total. The molecule has 2 aromatic carbocycles. The van der Waals surface area contributed by atoms with Crippen molar-refractivity contribution in [3.63, 3.8) is 0 Å². The first-order chi connectivity index (χ1) is 12.9. The molecule has 0 radical (unpaired) electrons. The maximum absolute atomic E-state index is 12.6. The molecule has 1 N–H and O–H groups in total. The number of benzene rings is 2. The predicted molar refractivity (Wildman–Crippen MR) is 107 cm³/mol. The Kier molecular flexibility index (Phi) is 5.85. The molecule has 0 aliphatic heterocycles. The normalized spacial score (nSPS) is 10.6. The lowest BCUT2D eigenvalue weighted by atomic mass is 10.2. The van der Waals surface area contributed by atoms with Gasteiger partial charge in [0.1, 0.15) is 17.3 Å². The lowest BCUT2D eigenvalue weighted by Gasteiger charge is -2.12. The summed E-state index contributed by atoms with van der Waals surface area (Å²) < 4.78 is 16.1. The lowest BCUT2D eigenvalue weighted by Crippen LogP contribution is -2.12. The van der Waals surface area contributed by atoms with E-state index in [2.05, 4.69) is 5.32 Å². The monoisotopic (exact) mass is 425 g/mol. The van der Waals surface area contributed by atoms with E-state index in [4.69, 9.17) is 48.7 Å². The van der Waals surface area contributed by atoms with Gasteiger partial charge in [0.2, 0.25) is 0 Å². The number of furan rings is 1. The Morgan fingerprint density at radius 3 is 2.41 bits per heavy atom. The fourth-order valence-corrected chi connectivity index (χ4v) is 3.07. The zero-order valence-corrected chi connectivity index (χ0v) is 16.6. The number of hydrogen-bond donors (Lipinski definition) is 1. The zero-order valence-electron chi connectivity index (χ0n) is 14.3. The molecule has 140 valence electrons. The minimum atomic E-state index is -0.470. The molecule has 0 atom stereocenters. The summed E-state index contributed by atoms with van der Waals surface area (Å²) in [5, 5.41) is 3.83. The minimum absolute atomic E-state index is 0.0945. The molecule has 0 aliphatic carbocycles. The number of rotatable bonds is 5. The summed E-state index contributed by atoms with van der Waals surface area (Å²) in [7, 11) is 2.95. The van der Waals surface area contributed by atoms with Gasteiger partial charge in [0.25, 0.3) is 5.91 Å². The van der Waals surface area contributed by atoms with Crippen LogP contribution in [0.2, 0.25) is 15.1 Å². The highest BCUT2D eigenvalue weighted by molar-refractivity contribution is 6.43. The summed E-state index contributed by atoms with van der Waals surface area (Å²) >= 11 is 18.3. The van der Waals surface area contributed by atoms with Crippen molar-refractivity contribution in [1.82, 2.24) is 0 Å². The van der Waals surface area contributed by atoms with Crippen molar-refractivity contribution in [2.45, 2.75) is 0 Å². The highest BCUT2D eigenvalue weighted by Gasteiger charge is 2.18. The average molecular weight is 427 g/mol. The number of anilines is 1. The number of halogens is 3. The van der Waals surface area contributed by atoms with Crippen molar-refractivity contribution in [3.8, 4) is 22.8 Å². The van der Waals surface area contributed by atoms with Crippen LogP contribution in [0.4, 0.5) is 5.69 Å². The van der Waals surface area contributed by atoms with Gasteiger partial charge in [0.15, 0.2) is 5.76 Å². The van der Waals surface area contributed by atoms with E-state index in [1.807, 2.05) is 0 Å². The molecule has 0 aliphatic rings. The van der Waals surface area contributed by atoms with E-state index in [-0.39, 0.29) is 5.76 Å². The quantitative estimate of drug-likeness (QED) is 0.529. The standard InChI is InChI=1S/C19H14Cl3NO4/c1-25-16-9-13(17(26-2)8-12(16)21)23-19(24)15-7-6-14(27-15)10-4-3-5-11(20)18(10)22/h3-9H,1-2H3,(H,23,24). The topological polar surface area (TPSA) is 60.7 Å². The first kappa shape index (κ1) is 19.4. The largest absolute Gasteiger partial charge is 0.495 e. The number of nitrogens with one attached hydrogen (secondary N) is 1. The van der Waals surface area contributed by atoms with Gasteiger partial charge in [-0.25, -0.2) is 0 Å². The second-order valence-corrected chi connectivity index (χ2v) is 6.60. The Bertz CT molecular complexity index is 1000. The van der Waals surface area contributed by atoms with Crippen molar-refractivity contribution in [3.05, 3.63) is 63.3 Å². The van der Waals surface area contributed by atoms with Crippen LogP contribution >= 0.6 is 34.8 Å². The third-order valence-electron chi connectivity index (χ3n) is 3.77. The van der Waals surface area contributed by atoms with Gasteiger partial charge < -0.3 is 19.2 Å². The highest BCUT2D eigenvalue weighted by atomic mass is 35.5. The SMILES string of the molecule is COc1cc(NC(=O)c2ccc(-c3cccc(Cl)c3Cl)o2)c(OC)cc1Cl. The Morgan fingerprint density at radius 2 is 1.70 bits per heavy atom. The van der Waals surface area contributed by atoms with Crippen LogP contribution in [-0.2, 0) is 0 Å².